The Morgan fingerprint density at radius 1 is 1.17 bits per heavy atom. The molecule has 0 spiro atoms. The van der Waals surface area contributed by atoms with E-state index in [9.17, 15) is 14.9 Å². The van der Waals surface area contributed by atoms with Gasteiger partial charge in [0.15, 0.2) is 0 Å². The first-order valence-corrected chi connectivity index (χ1v) is 7.25. The van der Waals surface area contributed by atoms with Crippen molar-refractivity contribution in [2.24, 2.45) is 5.10 Å². The van der Waals surface area contributed by atoms with E-state index in [4.69, 9.17) is 34.8 Å². The first-order chi connectivity index (χ1) is 10.9. The van der Waals surface area contributed by atoms with Gasteiger partial charge in [0.05, 0.1) is 21.2 Å². The fraction of sp³-hybridized carbons (Fsp3) is 0. The monoisotopic (exact) mass is 371 g/mol. The molecular formula is C14H8Cl3N3O3. The van der Waals surface area contributed by atoms with Gasteiger partial charge in [0.1, 0.15) is 5.02 Å². The van der Waals surface area contributed by atoms with E-state index in [1.165, 1.54) is 18.3 Å². The highest BCUT2D eigenvalue weighted by atomic mass is 35.5. The summed E-state index contributed by atoms with van der Waals surface area (Å²) in [7, 11) is 0. The zero-order valence-corrected chi connectivity index (χ0v) is 13.6. The average molecular weight is 373 g/mol. The van der Waals surface area contributed by atoms with Crippen molar-refractivity contribution in [2.75, 3.05) is 0 Å². The minimum atomic E-state index is -0.672. The molecule has 0 aliphatic heterocycles. The van der Waals surface area contributed by atoms with Crippen LogP contribution in [0.25, 0.3) is 0 Å². The van der Waals surface area contributed by atoms with Gasteiger partial charge < -0.3 is 0 Å². The summed E-state index contributed by atoms with van der Waals surface area (Å²) in [6.07, 6.45) is 1.32. The minimum Gasteiger partial charge on any atom is -0.267 e. The summed E-state index contributed by atoms with van der Waals surface area (Å²) < 4.78 is 0. The van der Waals surface area contributed by atoms with Crippen LogP contribution >= 0.6 is 34.8 Å². The molecule has 0 aromatic heterocycles. The van der Waals surface area contributed by atoms with E-state index in [2.05, 4.69) is 10.5 Å². The Morgan fingerprint density at radius 2 is 1.91 bits per heavy atom. The van der Waals surface area contributed by atoms with Crippen LogP contribution in [-0.2, 0) is 0 Å². The molecule has 0 atom stereocenters. The Kier molecular flexibility index (Phi) is 5.54. The number of nitro benzene ring substituents is 1. The molecule has 0 unspecified atom stereocenters. The second-order valence-corrected chi connectivity index (χ2v) is 5.46. The maximum Gasteiger partial charge on any atom is 0.288 e. The Balaban J connectivity index is 2.14. The molecule has 23 heavy (non-hydrogen) atoms. The minimum absolute atomic E-state index is 0.0513. The van der Waals surface area contributed by atoms with Crippen molar-refractivity contribution >= 4 is 52.6 Å². The highest BCUT2D eigenvalue weighted by molar-refractivity contribution is 6.43. The van der Waals surface area contributed by atoms with Crippen LogP contribution < -0.4 is 5.43 Å². The molecule has 9 heteroatoms. The average Bonchev–Trinajstić information content (AvgIpc) is 2.51. The molecule has 0 bridgehead atoms. The van der Waals surface area contributed by atoms with Crippen LogP contribution in [0.4, 0.5) is 5.69 Å². The number of amides is 1. The number of hydrogen-bond acceptors (Lipinski definition) is 4. The molecule has 1 amide bonds. The van der Waals surface area contributed by atoms with E-state index < -0.39 is 10.8 Å². The Hall–Kier alpha value is -2.15. The van der Waals surface area contributed by atoms with Crippen molar-refractivity contribution in [3.05, 3.63) is 72.7 Å². The summed E-state index contributed by atoms with van der Waals surface area (Å²) in [6, 6.07) is 8.65. The highest BCUT2D eigenvalue weighted by Gasteiger charge is 2.15. The molecule has 0 saturated heterocycles. The van der Waals surface area contributed by atoms with Gasteiger partial charge >= 0.3 is 0 Å². The van der Waals surface area contributed by atoms with Gasteiger partial charge in [-0.05, 0) is 18.2 Å². The van der Waals surface area contributed by atoms with E-state index in [1.54, 1.807) is 18.2 Å². The number of hydrogen-bond donors (Lipinski definition) is 1. The lowest BCUT2D eigenvalue weighted by molar-refractivity contribution is -0.384. The Morgan fingerprint density at radius 3 is 2.61 bits per heavy atom. The van der Waals surface area contributed by atoms with Crippen LogP contribution in [0.5, 0.6) is 0 Å². The van der Waals surface area contributed by atoms with Crippen molar-refractivity contribution in [3.63, 3.8) is 0 Å². The van der Waals surface area contributed by atoms with Gasteiger partial charge in [-0.3, -0.25) is 14.9 Å². The highest BCUT2D eigenvalue weighted by Crippen LogP contribution is 2.25. The third kappa shape index (κ3) is 4.19. The maximum absolute atomic E-state index is 11.9. The number of benzene rings is 2. The van der Waals surface area contributed by atoms with E-state index >= 15 is 0 Å². The smallest absolute Gasteiger partial charge is 0.267 e. The SMILES string of the molecule is O=C(N/N=C/c1cccc(Cl)c1Cl)c1ccc(Cl)c([N+](=O)[O-])c1. The summed E-state index contributed by atoms with van der Waals surface area (Å²) in [5.74, 6) is -0.626. The Labute approximate surface area is 145 Å². The van der Waals surface area contributed by atoms with Gasteiger partial charge in [0, 0.05) is 17.2 Å². The van der Waals surface area contributed by atoms with Crippen molar-refractivity contribution in [2.45, 2.75) is 0 Å². The molecule has 0 aliphatic rings. The lowest BCUT2D eigenvalue weighted by atomic mass is 10.2. The molecule has 118 valence electrons. The van der Waals surface area contributed by atoms with Crippen LogP contribution in [0.2, 0.25) is 15.1 Å². The largest absolute Gasteiger partial charge is 0.288 e. The summed E-state index contributed by atoms with van der Waals surface area (Å²) in [5.41, 5.74) is 2.45. The molecule has 6 nitrogen and oxygen atoms in total. The number of carbonyl (C=O) groups excluding carboxylic acids is 1. The zero-order chi connectivity index (χ0) is 17.0. The summed E-state index contributed by atoms with van der Waals surface area (Å²) >= 11 is 17.5. The molecule has 1 N–H and O–H groups in total. The number of carbonyl (C=O) groups is 1. The molecule has 0 saturated carbocycles. The van der Waals surface area contributed by atoms with Crippen molar-refractivity contribution in [1.29, 1.82) is 0 Å². The molecule has 2 aromatic carbocycles. The molecule has 0 radical (unpaired) electrons. The molecule has 2 rings (SSSR count). The molecule has 0 aliphatic carbocycles. The van der Waals surface area contributed by atoms with E-state index in [0.717, 1.165) is 6.07 Å². The van der Waals surface area contributed by atoms with Crippen LogP contribution in [0.3, 0.4) is 0 Å². The maximum atomic E-state index is 11.9. The Bertz CT molecular complexity index is 809. The van der Waals surface area contributed by atoms with Gasteiger partial charge in [-0.1, -0.05) is 46.9 Å². The number of halogens is 3. The van der Waals surface area contributed by atoms with Gasteiger partial charge in [0.2, 0.25) is 0 Å². The number of rotatable bonds is 4. The lowest BCUT2D eigenvalue weighted by Gasteiger charge is -2.02. The first kappa shape index (κ1) is 17.2. The molecule has 2 aromatic rings. The second kappa shape index (κ2) is 7.41. The number of nitrogens with one attached hydrogen (secondary N) is 1. The second-order valence-electron chi connectivity index (χ2n) is 4.27. The van der Waals surface area contributed by atoms with Crippen molar-refractivity contribution < 1.29 is 9.72 Å². The summed E-state index contributed by atoms with van der Waals surface area (Å²) in [6.45, 7) is 0. The summed E-state index contributed by atoms with van der Waals surface area (Å²) in [4.78, 5) is 22.0. The number of nitro groups is 1. The topological polar surface area (TPSA) is 84.6 Å². The van der Waals surface area contributed by atoms with E-state index in [-0.39, 0.29) is 16.3 Å². The van der Waals surface area contributed by atoms with Crippen LogP contribution in [0.1, 0.15) is 15.9 Å². The van der Waals surface area contributed by atoms with Crippen LogP contribution in [0.15, 0.2) is 41.5 Å². The van der Waals surface area contributed by atoms with Gasteiger partial charge in [-0.25, -0.2) is 5.43 Å². The summed E-state index contributed by atoms with van der Waals surface area (Å²) in [5, 5.41) is 15.1. The van der Waals surface area contributed by atoms with Crippen LogP contribution in [0, 0.1) is 10.1 Å². The fourth-order valence-corrected chi connectivity index (χ4v) is 2.18. The van der Waals surface area contributed by atoms with Gasteiger partial charge in [-0.15, -0.1) is 0 Å². The molecular weight excluding hydrogens is 365 g/mol. The van der Waals surface area contributed by atoms with E-state index in [0.29, 0.717) is 15.6 Å². The normalized spacial score (nSPS) is 10.7. The zero-order valence-electron chi connectivity index (χ0n) is 11.3. The standard InChI is InChI=1S/C14H8Cl3N3O3/c15-10-5-4-8(6-12(10)20(22)23)14(21)19-18-7-9-2-1-3-11(16)13(9)17/h1-7H,(H,19,21)/b18-7+. The van der Waals surface area contributed by atoms with Crippen molar-refractivity contribution in [1.82, 2.24) is 5.43 Å². The third-order valence-corrected chi connectivity index (χ3v) is 3.91. The van der Waals surface area contributed by atoms with Gasteiger partial charge in [0.25, 0.3) is 11.6 Å². The van der Waals surface area contributed by atoms with E-state index in [1.807, 2.05) is 0 Å². The molecule has 0 fully saturated rings. The quantitative estimate of drug-likeness (QED) is 0.493. The van der Waals surface area contributed by atoms with Gasteiger partial charge in [-0.2, -0.15) is 5.10 Å². The predicted octanol–water partition coefficient (Wildman–Crippen LogP) is 4.32. The first-order valence-electron chi connectivity index (χ1n) is 6.11. The number of nitrogens with zero attached hydrogens (tertiary/aromatic N) is 2. The van der Waals surface area contributed by atoms with Crippen LogP contribution in [-0.4, -0.2) is 17.0 Å². The fourth-order valence-electron chi connectivity index (χ4n) is 1.64. The molecule has 0 heterocycles. The number of hydrazone groups is 1. The van der Waals surface area contributed by atoms with Crippen molar-refractivity contribution in [3.8, 4) is 0 Å². The lowest BCUT2D eigenvalue weighted by Crippen LogP contribution is -2.17. The third-order valence-electron chi connectivity index (χ3n) is 2.76. The predicted molar refractivity (Wildman–Crippen MR) is 89.6 cm³/mol.